The standard InChI is InChI=1S/C8H12O4/c1-6(9)8(7(2)10)3-11-5-12-4-8/h3-5H2,1-2H3. The fourth-order valence-corrected chi connectivity index (χ4v) is 1.19. The Balaban J connectivity index is 2.84. The van der Waals surface area contributed by atoms with Crippen molar-refractivity contribution >= 4 is 11.6 Å². The molecule has 0 aromatic heterocycles. The van der Waals surface area contributed by atoms with Crippen LogP contribution in [0.5, 0.6) is 0 Å². The number of Topliss-reactive ketones (excluding diaryl/α,β-unsaturated/α-hetero) is 2. The normalized spacial score (nSPS) is 21.8. The molecule has 1 saturated heterocycles. The van der Waals surface area contributed by atoms with Crippen LogP contribution in [0.4, 0.5) is 0 Å². The number of ketones is 2. The van der Waals surface area contributed by atoms with Gasteiger partial charge in [0.1, 0.15) is 23.8 Å². The van der Waals surface area contributed by atoms with Crippen molar-refractivity contribution in [2.45, 2.75) is 13.8 Å². The Hall–Kier alpha value is -0.740. The van der Waals surface area contributed by atoms with Gasteiger partial charge in [-0.1, -0.05) is 0 Å². The van der Waals surface area contributed by atoms with E-state index in [2.05, 4.69) is 0 Å². The fourth-order valence-electron chi connectivity index (χ4n) is 1.19. The highest BCUT2D eigenvalue weighted by Gasteiger charge is 2.43. The van der Waals surface area contributed by atoms with E-state index in [0.717, 1.165) is 0 Å². The summed E-state index contributed by atoms with van der Waals surface area (Å²) in [6, 6.07) is 0. The molecule has 0 saturated carbocycles. The fraction of sp³-hybridized carbons (Fsp3) is 0.750. The van der Waals surface area contributed by atoms with E-state index in [1.807, 2.05) is 0 Å². The minimum absolute atomic E-state index is 0.150. The van der Waals surface area contributed by atoms with Crippen molar-refractivity contribution in [1.29, 1.82) is 0 Å². The van der Waals surface area contributed by atoms with E-state index in [1.165, 1.54) is 13.8 Å². The molecule has 1 rings (SSSR count). The van der Waals surface area contributed by atoms with Gasteiger partial charge in [0.25, 0.3) is 0 Å². The Morgan fingerprint density at radius 2 is 1.50 bits per heavy atom. The van der Waals surface area contributed by atoms with Crippen molar-refractivity contribution < 1.29 is 19.1 Å². The van der Waals surface area contributed by atoms with E-state index in [0.29, 0.717) is 0 Å². The molecule has 12 heavy (non-hydrogen) atoms. The molecule has 0 spiro atoms. The summed E-state index contributed by atoms with van der Waals surface area (Å²) >= 11 is 0. The second kappa shape index (κ2) is 3.33. The second-order valence-corrected chi connectivity index (χ2v) is 3.01. The first-order chi connectivity index (χ1) is 5.59. The first-order valence-corrected chi connectivity index (χ1v) is 3.77. The van der Waals surface area contributed by atoms with Gasteiger partial charge in [-0.2, -0.15) is 0 Å². The van der Waals surface area contributed by atoms with Gasteiger partial charge in [0.15, 0.2) is 0 Å². The van der Waals surface area contributed by atoms with Crippen LogP contribution in [0.25, 0.3) is 0 Å². The lowest BCUT2D eigenvalue weighted by Crippen LogP contribution is -2.48. The summed E-state index contributed by atoms with van der Waals surface area (Å²) in [6.45, 7) is 3.25. The predicted molar refractivity (Wildman–Crippen MR) is 40.6 cm³/mol. The second-order valence-electron chi connectivity index (χ2n) is 3.01. The van der Waals surface area contributed by atoms with Gasteiger partial charge >= 0.3 is 0 Å². The Kier molecular flexibility index (Phi) is 2.59. The Labute approximate surface area is 70.8 Å². The highest BCUT2D eigenvalue weighted by atomic mass is 16.7. The van der Waals surface area contributed by atoms with Gasteiger partial charge in [0, 0.05) is 0 Å². The molecular formula is C8H12O4. The van der Waals surface area contributed by atoms with E-state index in [4.69, 9.17) is 9.47 Å². The SMILES string of the molecule is CC(=O)C1(C(C)=O)COCOC1. The number of carbonyl (C=O) groups excluding carboxylic acids is 2. The van der Waals surface area contributed by atoms with E-state index in [-0.39, 0.29) is 31.6 Å². The van der Waals surface area contributed by atoms with E-state index >= 15 is 0 Å². The summed E-state index contributed by atoms with van der Waals surface area (Å²) in [5.74, 6) is -0.371. The highest BCUT2D eigenvalue weighted by Crippen LogP contribution is 2.24. The maximum absolute atomic E-state index is 11.2. The molecule has 1 aliphatic heterocycles. The number of hydrogen-bond acceptors (Lipinski definition) is 4. The van der Waals surface area contributed by atoms with Crippen molar-refractivity contribution in [2.24, 2.45) is 5.41 Å². The van der Waals surface area contributed by atoms with Gasteiger partial charge in [-0.25, -0.2) is 0 Å². The monoisotopic (exact) mass is 172 g/mol. The molecule has 0 radical (unpaired) electrons. The molecule has 4 nitrogen and oxygen atoms in total. The van der Waals surface area contributed by atoms with Crippen LogP contribution in [-0.2, 0) is 19.1 Å². The van der Waals surface area contributed by atoms with E-state index in [1.54, 1.807) is 0 Å². The molecule has 0 aliphatic carbocycles. The van der Waals surface area contributed by atoms with Crippen LogP contribution in [0.1, 0.15) is 13.8 Å². The zero-order valence-electron chi connectivity index (χ0n) is 7.25. The molecule has 0 unspecified atom stereocenters. The lowest BCUT2D eigenvalue weighted by Gasteiger charge is -2.31. The summed E-state index contributed by atoms with van der Waals surface area (Å²) in [7, 11) is 0. The molecule has 4 heteroatoms. The number of carbonyl (C=O) groups is 2. The average Bonchev–Trinajstić information content (AvgIpc) is 2.05. The summed E-state index contributed by atoms with van der Waals surface area (Å²) in [6.07, 6.45) is 0. The lowest BCUT2D eigenvalue weighted by molar-refractivity contribution is -0.179. The highest BCUT2D eigenvalue weighted by molar-refractivity contribution is 6.05. The van der Waals surface area contributed by atoms with E-state index < -0.39 is 5.41 Å². The van der Waals surface area contributed by atoms with Crippen molar-refractivity contribution in [2.75, 3.05) is 20.0 Å². The van der Waals surface area contributed by atoms with Crippen molar-refractivity contribution in [3.63, 3.8) is 0 Å². The molecule has 0 aromatic rings. The van der Waals surface area contributed by atoms with Crippen LogP contribution in [0, 0.1) is 5.41 Å². The van der Waals surface area contributed by atoms with Gasteiger partial charge in [0.2, 0.25) is 0 Å². The van der Waals surface area contributed by atoms with Crippen molar-refractivity contribution in [3.05, 3.63) is 0 Å². The van der Waals surface area contributed by atoms with Crippen molar-refractivity contribution in [1.82, 2.24) is 0 Å². The van der Waals surface area contributed by atoms with Gasteiger partial charge in [-0.3, -0.25) is 9.59 Å². The summed E-state index contributed by atoms with van der Waals surface area (Å²) in [5, 5.41) is 0. The summed E-state index contributed by atoms with van der Waals surface area (Å²) in [5.41, 5.74) is -1.04. The molecule has 0 amide bonds. The van der Waals surface area contributed by atoms with Crippen LogP contribution in [0.3, 0.4) is 0 Å². The molecule has 1 aliphatic rings. The molecule has 0 aromatic carbocycles. The molecule has 0 atom stereocenters. The van der Waals surface area contributed by atoms with Gasteiger partial charge in [-0.15, -0.1) is 0 Å². The number of rotatable bonds is 2. The zero-order valence-corrected chi connectivity index (χ0v) is 7.25. The van der Waals surface area contributed by atoms with Gasteiger partial charge < -0.3 is 9.47 Å². The maximum Gasteiger partial charge on any atom is 0.148 e. The minimum Gasteiger partial charge on any atom is -0.354 e. The first-order valence-electron chi connectivity index (χ1n) is 3.77. The zero-order chi connectivity index (χ0) is 9.19. The third-order valence-corrected chi connectivity index (χ3v) is 2.21. The molecule has 68 valence electrons. The smallest absolute Gasteiger partial charge is 0.148 e. The predicted octanol–water partition coefficient (Wildman–Crippen LogP) is 0.155. The number of ether oxygens (including phenoxy) is 2. The van der Waals surface area contributed by atoms with Crippen LogP contribution >= 0.6 is 0 Å². The van der Waals surface area contributed by atoms with Crippen LogP contribution in [0.2, 0.25) is 0 Å². The van der Waals surface area contributed by atoms with Crippen molar-refractivity contribution in [3.8, 4) is 0 Å². The van der Waals surface area contributed by atoms with Crippen LogP contribution < -0.4 is 0 Å². The van der Waals surface area contributed by atoms with Crippen LogP contribution in [-0.4, -0.2) is 31.6 Å². The Morgan fingerprint density at radius 1 is 1.08 bits per heavy atom. The minimum atomic E-state index is -1.04. The van der Waals surface area contributed by atoms with Crippen LogP contribution in [0.15, 0.2) is 0 Å². The largest absolute Gasteiger partial charge is 0.354 e. The first kappa shape index (κ1) is 9.35. The lowest BCUT2D eigenvalue weighted by atomic mass is 9.81. The topological polar surface area (TPSA) is 52.6 Å². The quantitative estimate of drug-likeness (QED) is 0.556. The molecule has 1 heterocycles. The summed E-state index contributed by atoms with van der Waals surface area (Å²) < 4.78 is 9.89. The maximum atomic E-state index is 11.2. The number of hydrogen-bond donors (Lipinski definition) is 0. The van der Waals surface area contributed by atoms with Gasteiger partial charge in [-0.05, 0) is 13.8 Å². The Morgan fingerprint density at radius 3 is 1.75 bits per heavy atom. The molecule has 0 N–H and O–H groups in total. The third-order valence-electron chi connectivity index (χ3n) is 2.21. The Bertz CT molecular complexity index is 187. The summed E-state index contributed by atoms with van der Waals surface area (Å²) in [4.78, 5) is 22.4. The average molecular weight is 172 g/mol. The molecule has 1 fully saturated rings. The third kappa shape index (κ3) is 1.40. The molecular weight excluding hydrogens is 160 g/mol. The molecule has 0 bridgehead atoms. The van der Waals surface area contributed by atoms with Gasteiger partial charge in [0.05, 0.1) is 13.2 Å². The van der Waals surface area contributed by atoms with E-state index in [9.17, 15) is 9.59 Å².